The van der Waals surface area contributed by atoms with E-state index in [2.05, 4.69) is 102 Å². The fraction of sp³-hybridized carbons (Fsp3) is 0.304. The number of pyridine rings is 3. The lowest BCUT2D eigenvalue weighted by Crippen LogP contribution is -2.41. The highest BCUT2D eigenvalue weighted by atomic mass is 79.9. The summed E-state index contributed by atoms with van der Waals surface area (Å²) in [6, 6.07) is 22.4. The van der Waals surface area contributed by atoms with Gasteiger partial charge >= 0.3 is 7.12 Å². The van der Waals surface area contributed by atoms with E-state index < -0.39 is 7.12 Å². The molecule has 10 heterocycles. The highest BCUT2D eigenvalue weighted by Crippen LogP contribution is 2.37. The van der Waals surface area contributed by atoms with Gasteiger partial charge in [-0.2, -0.15) is 25.5 Å². The molecule has 20 heteroatoms. The van der Waals surface area contributed by atoms with Gasteiger partial charge in [0.1, 0.15) is 11.5 Å². The topological polar surface area (TPSA) is 177 Å². The van der Waals surface area contributed by atoms with Crippen molar-refractivity contribution in [2.45, 2.75) is 79.3 Å². The molecule has 0 amide bonds. The van der Waals surface area contributed by atoms with Gasteiger partial charge in [0.2, 0.25) is 0 Å². The van der Waals surface area contributed by atoms with Crippen LogP contribution >= 0.6 is 15.9 Å². The van der Waals surface area contributed by atoms with Gasteiger partial charge in [0, 0.05) is 108 Å². The minimum absolute atomic E-state index is 0.375. The van der Waals surface area contributed by atoms with Crippen molar-refractivity contribution in [2.75, 3.05) is 14.2 Å². The Balaban J connectivity index is 0.000000134. The number of hydrogen-bond acceptors (Lipinski definition) is 13. The zero-order valence-electron chi connectivity index (χ0n) is 45.0. The number of aliphatic imine (C=N–C) groups is 1. The Bertz CT molecular complexity index is 3640. The second-order valence-corrected chi connectivity index (χ2v) is 20.7. The van der Waals surface area contributed by atoms with Gasteiger partial charge in [-0.15, -0.1) is 0 Å². The van der Waals surface area contributed by atoms with Crippen LogP contribution in [-0.2, 0) is 50.1 Å². The van der Waals surface area contributed by atoms with E-state index in [1.165, 1.54) is 5.56 Å². The summed E-state index contributed by atoms with van der Waals surface area (Å²) in [6.07, 6.45) is 16.9. The van der Waals surface area contributed by atoms with Crippen LogP contribution in [0.3, 0.4) is 0 Å². The maximum Gasteiger partial charge on any atom is 0.496 e. The molecule has 2 aliphatic heterocycles. The first-order valence-corrected chi connectivity index (χ1v) is 25.6. The molecule has 2 aliphatic rings. The summed E-state index contributed by atoms with van der Waals surface area (Å²) in [6.45, 7) is 16.3. The van der Waals surface area contributed by atoms with Gasteiger partial charge in [-0.05, 0) is 118 Å². The van der Waals surface area contributed by atoms with Gasteiger partial charge in [-0.25, -0.2) is 19.3 Å². The molecule has 0 unspecified atom stereocenters. The Labute approximate surface area is 451 Å². The zero-order chi connectivity index (χ0) is 53.9. The number of aryl methyl sites for hydroxylation is 5. The summed E-state index contributed by atoms with van der Waals surface area (Å²) in [5.74, 6) is 1.69. The minimum Gasteiger partial charge on any atom is -0.497 e. The number of ether oxygens (including phenoxy) is 2. The van der Waals surface area contributed by atoms with E-state index in [1.54, 1.807) is 34.5 Å². The number of hydrogen-bond donors (Lipinski definition) is 0. The van der Waals surface area contributed by atoms with Crippen molar-refractivity contribution < 1.29 is 18.8 Å². The first-order chi connectivity index (χ1) is 36.4. The van der Waals surface area contributed by atoms with Crippen molar-refractivity contribution in [1.82, 2.24) is 63.9 Å². The Kier molecular flexibility index (Phi) is 15.5. The van der Waals surface area contributed by atoms with Crippen LogP contribution in [0.4, 0.5) is 0 Å². The molecule has 18 nitrogen and oxygen atoms in total. The van der Waals surface area contributed by atoms with Gasteiger partial charge in [0.15, 0.2) is 11.3 Å². The highest BCUT2D eigenvalue weighted by Gasteiger charge is 2.52. The van der Waals surface area contributed by atoms with Crippen molar-refractivity contribution in [2.24, 2.45) is 26.1 Å². The largest absolute Gasteiger partial charge is 0.497 e. The van der Waals surface area contributed by atoms with E-state index in [9.17, 15) is 0 Å². The molecule has 0 saturated carbocycles. The maximum atomic E-state index is 6.16. The normalized spacial score (nSPS) is 14.1. The fourth-order valence-electron chi connectivity index (χ4n) is 8.63. The molecule has 390 valence electrons. The monoisotopic (exact) mass is 1080 g/mol. The van der Waals surface area contributed by atoms with E-state index in [0.717, 1.165) is 99.7 Å². The molecule has 0 atom stereocenters. The van der Waals surface area contributed by atoms with Crippen LogP contribution in [0.15, 0.2) is 132 Å². The molecule has 0 bridgehead atoms. The predicted molar refractivity (Wildman–Crippen MR) is 300 cm³/mol. The van der Waals surface area contributed by atoms with Crippen molar-refractivity contribution >= 4 is 56.3 Å². The molecular weight excluding hydrogens is 1020 g/mol. The van der Waals surface area contributed by atoms with E-state index in [4.69, 9.17) is 23.9 Å². The molecule has 12 rings (SSSR count). The third kappa shape index (κ3) is 11.8. The quantitative estimate of drug-likeness (QED) is 0.125. The SMILES string of the molecule is CC1=NCc2ncc(-c3cnn(C)c3)cc21.COc1ccc(Cn2nc(C)c3cc(-c4cnn(C)c4)cnc32)cc1.COc1ccc(Cn2nc(C)c3cc(B4OC(C)(C)C(C)(C)O4)cnc32)cc1.Cn1cc(Br)cn1. The van der Waals surface area contributed by atoms with E-state index in [-0.39, 0.29) is 11.2 Å². The lowest BCUT2D eigenvalue weighted by molar-refractivity contribution is 0.00578. The number of nitrogens with zero attached hydrogens (tertiary/aromatic N) is 14. The molecule has 10 aromatic rings. The standard InChI is InChI=1S/C21H26BN3O3.C19H19N5O.C12H12N4.C4H5BrN2/c1-14-18-11-16(22-27-20(2,3)21(4,5)28-22)12-23-19(18)25(24-14)13-15-7-9-17(26-6)10-8-15;1-13-18-8-15(16-10-21-23(2)12-16)9-20-19(18)24(22-13)11-14-4-6-17(25-3)7-5-14;1-8-11-3-9(4-14-12(11)6-13-8)10-5-15-16(2)7-10;1-7-3-4(5)2-6-7/h7-12H,13H2,1-6H3;4-10,12H,11H2,1-3H3;3-5,7H,6H2,1-2H3;2-3H,1H3. The predicted octanol–water partition coefficient (Wildman–Crippen LogP) is 9.28. The average molecular weight is 1090 g/mol. The Hall–Kier alpha value is -7.81. The van der Waals surface area contributed by atoms with Crippen LogP contribution in [0.2, 0.25) is 0 Å². The molecule has 1 fully saturated rings. The van der Waals surface area contributed by atoms with E-state index in [1.807, 2.05) is 149 Å². The summed E-state index contributed by atoms with van der Waals surface area (Å²) in [7, 11) is 8.62. The highest BCUT2D eigenvalue weighted by molar-refractivity contribution is 9.10. The molecule has 76 heavy (non-hydrogen) atoms. The average Bonchev–Trinajstić information content (AvgIpc) is 4.32. The van der Waals surface area contributed by atoms with E-state index in [0.29, 0.717) is 19.6 Å². The maximum absolute atomic E-state index is 6.16. The smallest absolute Gasteiger partial charge is 0.496 e. The number of aromatic nitrogens is 13. The summed E-state index contributed by atoms with van der Waals surface area (Å²) in [5, 5.41) is 23.7. The molecule has 1 saturated heterocycles. The number of benzene rings is 2. The van der Waals surface area contributed by atoms with Gasteiger partial charge in [-0.1, -0.05) is 24.3 Å². The second-order valence-electron chi connectivity index (χ2n) is 19.8. The molecule has 0 radical (unpaired) electrons. The first kappa shape index (κ1) is 53.0. The van der Waals surface area contributed by atoms with Crippen LogP contribution < -0.4 is 14.9 Å². The van der Waals surface area contributed by atoms with E-state index >= 15 is 0 Å². The molecular formula is C56H62BBrN14O4. The Morgan fingerprint density at radius 3 is 1.51 bits per heavy atom. The van der Waals surface area contributed by atoms with Crippen molar-refractivity contribution in [1.29, 1.82) is 0 Å². The summed E-state index contributed by atoms with van der Waals surface area (Å²) < 4.78 is 33.0. The van der Waals surface area contributed by atoms with Crippen molar-refractivity contribution in [3.8, 4) is 33.8 Å². The number of rotatable bonds is 9. The Morgan fingerprint density at radius 2 is 1.05 bits per heavy atom. The molecule has 8 aromatic heterocycles. The summed E-state index contributed by atoms with van der Waals surface area (Å²) in [4.78, 5) is 18.2. The number of fused-ring (bicyclic) bond motifs is 3. The number of halogens is 1. The first-order valence-electron chi connectivity index (χ1n) is 24.8. The third-order valence-electron chi connectivity index (χ3n) is 13.6. The van der Waals surface area contributed by atoms with Crippen LogP contribution in [0, 0.1) is 13.8 Å². The van der Waals surface area contributed by atoms with Gasteiger partial charge in [0.05, 0.1) is 85.2 Å². The zero-order valence-corrected chi connectivity index (χ0v) is 46.6. The molecule has 2 aromatic carbocycles. The van der Waals surface area contributed by atoms with Crippen LogP contribution in [0.1, 0.15) is 68.4 Å². The van der Waals surface area contributed by atoms with Crippen LogP contribution in [-0.4, -0.2) is 102 Å². The fourth-order valence-corrected chi connectivity index (χ4v) is 9.02. The minimum atomic E-state index is -0.425. The third-order valence-corrected chi connectivity index (χ3v) is 14.1. The van der Waals surface area contributed by atoms with Crippen molar-refractivity contribution in [3.63, 3.8) is 0 Å². The second kappa shape index (κ2) is 22.2. The van der Waals surface area contributed by atoms with Gasteiger partial charge in [0.25, 0.3) is 0 Å². The van der Waals surface area contributed by atoms with Crippen LogP contribution in [0.25, 0.3) is 44.3 Å². The Morgan fingerprint density at radius 1 is 0.579 bits per heavy atom. The van der Waals surface area contributed by atoms with Crippen molar-refractivity contribution in [3.05, 3.63) is 161 Å². The van der Waals surface area contributed by atoms with Crippen LogP contribution in [0.5, 0.6) is 11.5 Å². The molecule has 0 spiro atoms. The number of methoxy groups -OCH3 is 2. The lowest BCUT2D eigenvalue weighted by Gasteiger charge is -2.32. The van der Waals surface area contributed by atoms with Gasteiger partial charge in [-0.3, -0.25) is 24.0 Å². The lowest BCUT2D eigenvalue weighted by atomic mass is 9.80. The summed E-state index contributed by atoms with van der Waals surface area (Å²) in [5.41, 5.74) is 13.7. The molecule has 0 aliphatic carbocycles. The molecule has 0 N–H and O–H groups in total. The van der Waals surface area contributed by atoms with Gasteiger partial charge < -0.3 is 18.8 Å². The summed E-state index contributed by atoms with van der Waals surface area (Å²) >= 11 is 3.25.